The van der Waals surface area contributed by atoms with Crippen molar-refractivity contribution in [3.05, 3.63) is 72.3 Å². The smallest absolute Gasteiger partial charge is 0.406 e. The van der Waals surface area contributed by atoms with Crippen LogP contribution in [0.15, 0.2) is 66.7 Å². The lowest BCUT2D eigenvalue weighted by Gasteiger charge is -2.19. The molecule has 4 nitrogen and oxygen atoms in total. The summed E-state index contributed by atoms with van der Waals surface area (Å²) in [7, 11) is 0. The van der Waals surface area contributed by atoms with Crippen molar-refractivity contribution in [1.29, 1.82) is 0 Å². The van der Waals surface area contributed by atoms with Crippen molar-refractivity contribution in [2.75, 3.05) is 5.73 Å². The average molecular weight is 437 g/mol. The van der Waals surface area contributed by atoms with Gasteiger partial charge in [-0.05, 0) is 52.4 Å². The van der Waals surface area contributed by atoms with Crippen LogP contribution in [0.25, 0.3) is 33.4 Å². The molecule has 4 aromatic rings. The van der Waals surface area contributed by atoms with Gasteiger partial charge in [0.25, 0.3) is 0 Å². The summed E-state index contributed by atoms with van der Waals surface area (Å²) < 4.78 is 41.1. The highest BCUT2D eigenvalue weighted by Crippen LogP contribution is 2.34. The van der Waals surface area contributed by atoms with Crippen LogP contribution in [-0.2, 0) is 5.41 Å². The molecule has 0 radical (unpaired) electrons. The van der Waals surface area contributed by atoms with E-state index in [4.69, 9.17) is 5.73 Å². The number of fused-ring (bicyclic) bond motifs is 1. The zero-order valence-corrected chi connectivity index (χ0v) is 17.9. The van der Waals surface area contributed by atoms with Gasteiger partial charge in [0.15, 0.2) is 5.82 Å². The number of nitrogen functional groups attached to an aromatic ring is 1. The highest BCUT2D eigenvalue weighted by Gasteiger charge is 2.31. The summed E-state index contributed by atoms with van der Waals surface area (Å²) in [4.78, 5) is 9.02. The maximum atomic E-state index is 12.4. The Hall–Kier alpha value is -3.61. The Kier molecular flexibility index (Phi) is 5.28. The number of halogens is 3. The Balaban J connectivity index is 1.73. The molecule has 0 aliphatic carbocycles. The van der Waals surface area contributed by atoms with Gasteiger partial charge in [-0.3, -0.25) is 0 Å². The first kappa shape index (κ1) is 21.6. The Labute approximate surface area is 183 Å². The van der Waals surface area contributed by atoms with Gasteiger partial charge in [-0.1, -0.05) is 57.2 Å². The Morgan fingerprint density at radius 1 is 0.781 bits per heavy atom. The van der Waals surface area contributed by atoms with Crippen LogP contribution in [-0.4, -0.2) is 16.3 Å². The Morgan fingerprint density at radius 3 is 2.00 bits per heavy atom. The van der Waals surface area contributed by atoms with Gasteiger partial charge in [-0.25, -0.2) is 9.97 Å². The second kappa shape index (κ2) is 7.82. The number of ether oxygens (including phenoxy) is 1. The van der Waals surface area contributed by atoms with Gasteiger partial charge in [0.1, 0.15) is 11.6 Å². The van der Waals surface area contributed by atoms with Crippen LogP contribution in [0.4, 0.5) is 19.0 Å². The molecule has 1 heterocycles. The highest BCUT2D eigenvalue weighted by atomic mass is 19.4. The first-order valence-electron chi connectivity index (χ1n) is 10.0. The highest BCUT2D eigenvalue weighted by molar-refractivity contribution is 6.01. The van der Waals surface area contributed by atoms with Crippen LogP contribution in [0.1, 0.15) is 26.3 Å². The van der Waals surface area contributed by atoms with E-state index in [9.17, 15) is 13.2 Å². The van der Waals surface area contributed by atoms with Crippen molar-refractivity contribution in [2.24, 2.45) is 0 Å². The minimum atomic E-state index is -4.74. The van der Waals surface area contributed by atoms with Gasteiger partial charge in [0, 0.05) is 5.56 Å². The fourth-order valence-corrected chi connectivity index (χ4v) is 3.54. The van der Waals surface area contributed by atoms with Gasteiger partial charge in [0.2, 0.25) is 0 Å². The molecule has 3 aromatic carbocycles. The maximum Gasteiger partial charge on any atom is 0.573 e. The number of alkyl halides is 3. The third-order valence-corrected chi connectivity index (χ3v) is 5.16. The summed E-state index contributed by atoms with van der Waals surface area (Å²) >= 11 is 0. The van der Waals surface area contributed by atoms with Crippen molar-refractivity contribution >= 4 is 16.7 Å². The first-order valence-corrected chi connectivity index (χ1v) is 10.0. The topological polar surface area (TPSA) is 61.0 Å². The van der Waals surface area contributed by atoms with E-state index in [2.05, 4.69) is 59.7 Å². The Bertz CT molecular complexity index is 1260. The number of aromatic nitrogens is 2. The normalized spacial score (nSPS) is 12.2. The number of nitrogens with zero attached hydrogens (tertiary/aromatic N) is 2. The summed E-state index contributed by atoms with van der Waals surface area (Å²) in [6, 6.07) is 19.4. The minimum Gasteiger partial charge on any atom is -0.406 e. The molecule has 32 heavy (non-hydrogen) atoms. The van der Waals surface area contributed by atoms with Crippen molar-refractivity contribution < 1.29 is 17.9 Å². The average Bonchev–Trinajstić information content (AvgIpc) is 2.72. The van der Waals surface area contributed by atoms with E-state index in [-0.39, 0.29) is 11.2 Å². The molecule has 0 saturated carbocycles. The van der Waals surface area contributed by atoms with Crippen LogP contribution in [0.3, 0.4) is 0 Å². The van der Waals surface area contributed by atoms with E-state index in [1.54, 1.807) is 0 Å². The third kappa shape index (κ3) is 4.51. The monoisotopic (exact) mass is 437 g/mol. The van der Waals surface area contributed by atoms with Crippen LogP contribution < -0.4 is 10.5 Å². The fourth-order valence-electron chi connectivity index (χ4n) is 3.54. The predicted octanol–water partition coefficient (Wildman–Crippen LogP) is 6.74. The molecule has 0 bridgehead atoms. The van der Waals surface area contributed by atoms with E-state index < -0.39 is 6.36 Å². The van der Waals surface area contributed by atoms with E-state index in [1.807, 2.05) is 18.2 Å². The predicted molar refractivity (Wildman–Crippen MR) is 120 cm³/mol. The first-order chi connectivity index (χ1) is 15.0. The second-order valence-corrected chi connectivity index (χ2v) is 8.53. The van der Waals surface area contributed by atoms with E-state index in [1.165, 1.54) is 29.8 Å². The number of nitrogens with two attached hydrogens (primary N) is 1. The van der Waals surface area contributed by atoms with Gasteiger partial charge < -0.3 is 10.5 Å². The molecular formula is C25H22F3N3O. The minimum absolute atomic E-state index is 0.0506. The van der Waals surface area contributed by atoms with Crippen molar-refractivity contribution in [1.82, 2.24) is 9.97 Å². The van der Waals surface area contributed by atoms with Crippen molar-refractivity contribution in [2.45, 2.75) is 32.5 Å². The molecular weight excluding hydrogens is 415 g/mol. The SMILES string of the molecule is CC(C)(C)c1ccc(-c2cccc3nc(-c4ccc(OC(F)(F)F)cc4)nc(N)c23)cc1. The third-order valence-electron chi connectivity index (χ3n) is 5.16. The Morgan fingerprint density at radius 2 is 1.41 bits per heavy atom. The molecule has 2 N–H and O–H groups in total. The number of rotatable bonds is 3. The molecule has 0 saturated heterocycles. The molecule has 0 aliphatic rings. The van der Waals surface area contributed by atoms with Crippen LogP contribution in [0.5, 0.6) is 5.75 Å². The van der Waals surface area contributed by atoms with Crippen LogP contribution in [0.2, 0.25) is 0 Å². The van der Waals surface area contributed by atoms with Gasteiger partial charge in [-0.2, -0.15) is 0 Å². The van der Waals surface area contributed by atoms with Crippen LogP contribution in [0, 0.1) is 0 Å². The van der Waals surface area contributed by atoms with Gasteiger partial charge in [0.05, 0.1) is 10.9 Å². The number of hydrogen-bond donors (Lipinski definition) is 1. The summed E-state index contributed by atoms with van der Waals surface area (Å²) in [5, 5.41) is 0.733. The van der Waals surface area contributed by atoms with Crippen LogP contribution >= 0.6 is 0 Å². The molecule has 1 aromatic heterocycles. The molecule has 0 aliphatic heterocycles. The van der Waals surface area contributed by atoms with Gasteiger partial charge >= 0.3 is 6.36 Å². The lowest BCUT2D eigenvalue weighted by atomic mass is 9.86. The van der Waals surface area contributed by atoms with Crippen molar-refractivity contribution in [3.63, 3.8) is 0 Å². The number of benzene rings is 3. The maximum absolute atomic E-state index is 12.4. The largest absolute Gasteiger partial charge is 0.573 e. The van der Waals surface area contributed by atoms with E-state index >= 15 is 0 Å². The zero-order valence-electron chi connectivity index (χ0n) is 17.9. The molecule has 164 valence electrons. The summed E-state index contributed by atoms with van der Waals surface area (Å²) in [5.41, 5.74) is 10.7. The van der Waals surface area contributed by atoms with E-state index in [0.717, 1.165) is 16.5 Å². The summed E-state index contributed by atoms with van der Waals surface area (Å²) in [5.74, 6) is 0.320. The lowest BCUT2D eigenvalue weighted by molar-refractivity contribution is -0.274. The molecule has 0 unspecified atom stereocenters. The quantitative estimate of drug-likeness (QED) is 0.385. The standard InChI is InChI=1S/C25H22F3N3O/c1-24(2,3)17-11-7-15(8-12-17)19-5-4-6-20-21(19)22(29)31-23(30-20)16-9-13-18(14-10-16)32-25(26,27)28/h4-14H,1-3H3,(H2,29,30,31). The zero-order chi connectivity index (χ0) is 23.1. The molecule has 0 spiro atoms. The molecule has 0 fully saturated rings. The fraction of sp³-hybridized carbons (Fsp3) is 0.200. The lowest BCUT2D eigenvalue weighted by Crippen LogP contribution is -2.16. The number of hydrogen-bond acceptors (Lipinski definition) is 4. The molecule has 7 heteroatoms. The van der Waals surface area contributed by atoms with Gasteiger partial charge in [-0.15, -0.1) is 13.2 Å². The second-order valence-electron chi connectivity index (χ2n) is 8.53. The molecule has 0 amide bonds. The molecule has 4 rings (SSSR count). The van der Waals surface area contributed by atoms with Crippen molar-refractivity contribution in [3.8, 4) is 28.3 Å². The summed E-state index contributed by atoms with van der Waals surface area (Å²) in [6.07, 6.45) is -4.74. The number of anilines is 1. The van der Waals surface area contributed by atoms with E-state index in [0.29, 0.717) is 22.7 Å². The molecule has 0 atom stereocenters. The summed E-state index contributed by atoms with van der Waals surface area (Å²) in [6.45, 7) is 6.49.